The first kappa shape index (κ1) is 16.5. The average Bonchev–Trinajstić information content (AvgIpc) is 2.95. The minimum Gasteiger partial charge on any atom is -0.478 e. The molecule has 0 heterocycles. The number of hydrogen-bond acceptors (Lipinski definition) is 4. The average molecular weight is 325 g/mol. The van der Waals surface area contributed by atoms with Gasteiger partial charge in [0.1, 0.15) is 5.75 Å². The number of carbonyl (C=O) groups is 2. The first-order chi connectivity index (χ1) is 10.3. The largest absolute Gasteiger partial charge is 0.478 e. The van der Waals surface area contributed by atoms with Crippen LogP contribution in [0, 0.1) is 6.92 Å². The molecule has 0 bridgehead atoms. The second kappa shape index (κ2) is 6.48. The number of sulfone groups is 1. The lowest BCUT2D eigenvalue weighted by Crippen LogP contribution is -2.29. The number of nitrogens with one attached hydrogen (secondary N) is 1. The number of carboxylic acid groups (broad SMARTS) is 1. The Morgan fingerprint density at radius 3 is 2.50 bits per heavy atom. The zero-order valence-electron chi connectivity index (χ0n) is 12.3. The van der Waals surface area contributed by atoms with E-state index in [2.05, 4.69) is 5.32 Å². The summed E-state index contributed by atoms with van der Waals surface area (Å²) in [5.41, 5.74) is 1.04. The van der Waals surface area contributed by atoms with Crippen molar-refractivity contribution in [3.8, 4) is 0 Å². The van der Waals surface area contributed by atoms with Crippen molar-refractivity contribution in [2.24, 2.45) is 0 Å². The molecule has 0 radical (unpaired) electrons. The highest BCUT2D eigenvalue weighted by molar-refractivity contribution is 7.92. The van der Waals surface area contributed by atoms with E-state index in [9.17, 15) is 18.0 Å². The fourth-order valence-corrected chi connectivity index (χ4v) is 4.35. The highest BCUT2D eigenvalue weighted by Gasteiger charge is 2.30. The van der Waals surface area contributed by atoms with Crippen LogP contribution < -0.4 is 5.32 Å². The molecular weight excluding hydrogens is 306 g/mol. The Labute approximate surface area is 129 Å². The summed E-state index contributed by atoms with van der Waals surface area (Å²) in [5, 5.41) is 11.0. The van der Waals surface area contributed by atoms with Crippen LogP contribution >= 0.6 is 0 Å². The summed E-state index contributed by atoms with van der Waals surface area (Å²) >= 11 is 0. The van der Waals surface area contributed by atoms with E-state index in [1.807, 2.05) is 0 Å². The van der Waals surface area contributed by atoms with E-state index in [0.717, 1.165) is 12.8 Å². The van der Waals surface area contributed by atoms with Gasteiger partial charge in [-0.3, -0.25) is 4.79 Å². The molecule has 0 aromatic heterocycles. The van der Waals surface area contributed by atoms with Crippen LogP contribution in [0.1, 0.15) is 41.6 Å². The number of anilines is 1. The Bertz CT molecular complexity index is 690. The van der Waals surface area contributed by atoms with Gasteiger partial charge in [0.05, 0.1) is 10.8 Å². The third-order valence-corrected chi connectivity index (χ3v) is 6.05. The van der Waals surface area contributed by atoms with Crippen molar-refractivity contribution in [3.05, 3.63) is 29.3 Å². The van der Waals surface area contributed by atoms with E-state index in [-0.39, 0.29) is 5.56 Å². The fraction of sp³-hybridized carbons (Fsp3) is 0.467. The van der Waals surface area contributed by atoms with Crippen molar-refractivity contribution in [2.75, 3.05) is 11.1 Å². The van der Waals surface area contributed by atoms with E-state index >= 15 is 0 Å². The SMILES string of the molecule is Cc1ccc(C(=O)O)cc1NC(=O)CS(=O)(=O)C1CCCC1. The molecule has 1 saturated carbocycles. The van der Waals surface area contributed by atoms with Gasteiger partial charge < -0.3 is 10.4 Å². The summed E-state index contributed by atoms with van der Waals surface area (Å²) in [6.45, 7) is 1.71. The maximum atomic E-state index is 12.1. The number of hydrogen-bond donors (Lipinski definition) is 2. The molecular formula is C15H19NO5S. The second-order valence-electron chi connectivity index (χ2n) is 5.60. The van der Waals surface area contributed by atoms with Gasteiger partial charge in [-0.1, -0.05) is 18.9 Å². The number of amides is 1. The van der Waals surface area contributed by atoms with Crippen molar-refractivity contribution in [1.29, 1.82) is 0 Å². The van der Waals surface area contributed by atoms with Crippen LogP contribution in [0.4, 0.5) is 5.69 Å². The Kier molecular flexibility index (Phi) is 4.85. The van der Waals surface area contributed by atoms with Gasteiger partial charge >= 0.3 is 5.97 Å². The van der Waals surface area contributed by atoms with Gasteiger partial charge in [-0.05, 0) is 37.5 Å². The molecule has 0 saturated heterocycles. The molecule has 0 unspecified atom stereocenters. The van der Waals surface area contributed by atoms with Gasteiger partial charge in [0.2, 0.25) is 5.91 Å². The summed E-state index contributed by atoms with van der Waals surface area (Å²) in [6.07, 6.45) is 2.99. The maximum absolute atomic E-state index is 12.1. The van der Waals surface area contributed by atoms with Gasteiger partial charge in [-0.25, -0.2) is 13.2 Å². The van der Waals surface area contributed by atoms with Crippen molar-refractivity contribution in [3.63, 3.8) is 0 Å². The minimum atomic E-state index is -3.45. The first-order valence-electron chi connectivity index (χ1n) is 7.15. The molecule has 0 atom stereocenters. The van der Waals surface area contributed by atoms with Crippen LogP contribution in [0.15, 0.2) is 18.2 Å². The molecule has 1 aromatic rings. The lowest BCUT2D eigenvalue weighted by atomic mass is 10.1. The van der Waals surface area contributed by atoms with Gasteiger partial charge in [0.25, 0.3) is 0 Å². The van der Waals surface area contributed by atoms with Crippen molar-refractivity contribution >= 4 is 27.4 Å². The number of carbonyl (C=O) groups excluding carboxylic acids is 1. The van der Waals surface area contributed by atoms with Crippen LogP contribution in [-0.4, -0.2) is 36.4 Å². The molecule has 120 valence electrons. The van der Waals surface area contributed by atoms with E-state index in [4.69, 9.17) is 5.11 Å². The number of aromatic carboxylic acids is 1. The number of benzene rings is 1. The minimum absolute atomic E-state index is 0.0413. The van der Waals surface area contributed by atoms with Crippen molar-refractivity contribution in [2.45, 2.75) is 37.9 Å². The summed E-state index contributed by atoms with van der Waals surface area (Å²) in [6, 6.07) is 4.34. The standard InChI is InChI=1S/C15H19NO5S/c1-10-6-7-11(15(18)19)8-13(10)16-14(17)9-22(20,21)12-4-2-3-5-12/h6-8,12H,2-5,9H2,1H3,(H,16,17)(H,18,19). The Hall–Kier alpha value is -1.89. The fourth-order valence-electron chi connectivity index (χ4n) is 2.62. The van der Waals surface area contributed by atoms with Crippen molar-refractivity contribution < 1.29 is 23.1 Å². The number of carboxylic acids is 1. The molecule has 1 fully saturated rings. The highest BCUT2D eigenvalue weighted by atomic mass is 32.2. The first-order valence-corrected chi connectivity index (χ1v) is 8.86. The Morgan fingerprint density at radius 1 is 1.27 bits per heavy atom. The third-order valence-electron chi connectivity index (χ3n) is 3.90. The summed E-state index contributed by atoms with van der Waals surface area (Å²) in [4.78, 5) is 22.9. The predicted octanol–water partition coefficient (Wildman–Crippen LogP) is 1.99. The topological polar surface area (TPSA) is 101 Å². The molecule has 1 aromatic carbocycles. The quantitative estimate of drug-likeness (QED) is 0.862. The zero-order valence-corrected chi connectivity index (χ0v) is 13.1. The van der Waals surface area contributed by atoms with Crippen LogP contribution in [0.3, 0.4) is 0 Å². The highest BCUT2D eigenvalue weighted by Crippen LogP contribution is 2.25. The zero-order chi connectivity index (χ0) is 16.3. The Balaban J connectivity index is 2.09. The Morgan fingerprint density at radius 2 is 1.91 bits per heavy atom. The van der Waals surface area contributed by atoms with Gasteiger partial charge in [0.15, 0.2) is 9.84 Å². The molecule has 1 amide bonds. The smallest absolute Gasteiger partial charge is 0.335 e. The van der Waals surface area contributed by atoms with Gasteiger partial charge in [0, 0.05) is 5.69 Å². The van der Waals surface area contributed by atoms with Gasteiger partial charge in [-0.15, -0.1) is 0 Å². The maximum Gasteiger partial charge on any atom is 0.335 e. The van der Waals surface area contributed by atoms with Crippen molar-refractivity contribution in [1.82, 2.24) is 0 Å². The van der Waals surface area contributed by atoms with Crippen LogP contribution in [0.2, 0.25) is 0 Å². The van der Waals surface area contributed by atoms with E-state index in [0.29, 0.717) is 24.1 Å². The van der Waals surface area contributed by atoms with E-state index in [1.165, 1.54) is 12.1 Å². The molecule has 7 heteroatoms. The molecule has 0 aliphatic heterocycles. The molecule has 2 N–H and O–H groups in total. The lowest BCUT2D eigenvalue weighted by molar-refractivity contribution is -0.113. The molecule has 22 heavy (non-hydrogen) atoms. The number of aryl methyl sites for hydroxylation is 1. The molecule has 1 aliphatic rings. The summed E-state index contributed by atoms with van der Waals surface area (Å²) < 4.78 is 24.3. The van der Waals surface area contributed by atoms with Crippen LogP contribution in [-0.2, 0) is 14.6 Å². The monoisotopic (exact) mass is 325 g/mol. The van der Waals surface area contributed by atoms with Crippen LogP contribution in [0.5, 0.6) is 0 Å². The summed E-state index contributed by atoms with van der Waals surface area (Å²) in [7, 11) is -3.45. The van der Waals surface area contributed by atoms with E-state index in [1.54, 1.807) is 13.0 Å². The lowest BCUT2D eigenvalue weighted by Gasteiger charge is -2.12. The third kappa shape index (κ3) is 3.85. The molecule has 6 nitrogen and oxygen atoms in total. The normalized spacial score (nSPS) is 15.7. The molecule has 2 rings (SSSR count). The molecule has 1 aliphatic carbocycles. The van der Waals surface area contributed by atoms with E-state index < -0.39 is 32.7 Å². The predicted molar refractivity (Wildman–Crippen MR) is 82.8 cm³/mol. The second-order valence-corrected chi connectivity index (χ2v) is 7.88. The number of rotatable bonds is 5. The molecule has 0 spiro atoms. The van der Waals surface area contributed by atoms with Crippen LogP contribution in [0.25, 0.3) is 0 Å². The van der Waals surface area contributed by atoms with Gasteiger partial charge in [-0.2, -0.15) is 0 Å². The summed E-state index contributed by atoms with van der Waals surface area (Å²) in [5.74, 6) is -2.29.